The molecule has 0 N–H and O–H groups in total. The molecule has 144 valence electrons. The first-order chi connectivity index (χ1) is 14.1. The van der Waals surface area contributed by atoms with E-state index >= 15 is 0 Å². The fourth-order valence-corrected chi connectivity index (χ4v) is 3.61. The van der Waals surface area contributed by atoms with Crippen LogP contribution in [-0.4, -0.2) is 6.79 Å². The molecule has 0 saturated carbocycles. The molecular weight excluding hydrogens is 454 g/mol. The average molecular weight is 469 g/mol. The molecule has 0 fully saturated rings. The lowest BCUT2D eigenvalue weighted by Gasteiger charge is -2.10. The van der Waals surface area contributed by atoms with E-state index in [0.717, 1.165) is 21.2 Å². The Kier molecular flexibility index (Phi) is 5.75. The van der Waals surface area contributed by atoms with Crippen LogP contribution >= 0.6 is 27.5 Å². The third-order valence-electron chi connectivity index (χ3n) is 4.41. The molecule has 1 aliphatic rings. The van der Waals surface area contributed by atoms with Crippen molar-refractivity contribution in [3.63, 3.8) is 0 Å². The maximum Gasteiger partial charge on any atom is 0.231 e. The summed E-state index contributed by atoms with van der Waals surface area (Å²) < 4.78 is 17.4. The Balaban J connectivity index is 1.53. The van der Waals surface area contributed by atoms with Gasteiger partial charge in [-0.3, -0.25) is 0 Å². The van der Waals surface area contributed by atoms with Crippen molar-refractivity contribution in [2.24, 2.45) is 0 Å². The number of halogens is 2. The second-order valence-electron chi connectivity index (χ2n) is 6.31. The van der Waals surface area contributed by atoms with Crippen molar-refractivity contribution in [3.8, 4) is 23.3 Å². The molecule has 0 aromatic heterocycles. The van der Waals surface area contributed by atoms with Crippen LogP contribution in [0.1, 0.15) is 16.7 Å². The van der Waals surface area contributed by atoms with Crippen molar-refractivity contribution in [2.45, 2.75) is 6.61 Å². The van der Waals surface area contributed by atoms with Crippen molar-refractivity contribution in [2.75, 3.05) is 6.79 Å². The summed E-state index contributed by atoms with van der Waals surface area (Å²) in [5, 5.41) is 10.3. The molecule has 0 amide bonds. The maximum absolute atomic E-state index is 9.61. The van der Waals surface area contributed by atoms with Crippen LogP contribution in [0.4, 0.5) is 0 Å². The zero-order chi connectivity index (χ0) is 20.2. The van der Waals surface area contributed by atoms with E-state index in [1.54, 1.807) is 0 Å². The van der Waals surface area contributed by atoms with Crippen molar-refractivity contribution in [1.82, 2.24) is 0 Å². The predicted octanol–water partition coefficient (Wildman–Crippen LogP) is 6.47. The predicted molar refractivity (Wildman–Crippen MR) is 116 cm³/mol. The van der Waals surface area contributed by atoms with Gasteiger partial charge in [-0.2, -0.15) is 5.26 Å². The highest BCUT2D eigenvalue weighted by Gasteiger charge is 2.15. The lowest BCUT2D eigenvalue weighted by atomic mass is 10.0. The Morgan fingerprint density at radius 1 is 1.10 bits per heavy atom. The van der Waals surface area contributed by atoms with Crippen molar-refractivity contribution in [1.29, 1.82) is 5.26 Å². The van der Waals surface area contributed by atoms with E-state index in [-0.39, 0.29) is 6.79 Å². The number of hydrogen-bond acceptors (Lipinski definition) is 4. The van der Waals surface area contributed by atoms with Crippen LogP contribution in [0.25, 0.3) is 11.6 Å². The maximum atomic E-state index is 9.61. The van der Waals surface area contributed by atoms with Crippen LogP contribution in [0.2, 0.25) is 5.02 Å². The molecule has 1 aliphatic heterocycles. The van der Waals surface area contributed by atoms with Gasteiger partial charge in [0.2, 0.25) is 6.79 Å². The standard InChI is InChI=1S/C23H15BrClNO3/c24-19-10-15(5-7-21(19)27-13-17-3-1-2-4-20(17)25)9-18(12-26)16-6-8-22-23(11-16)29-14-28-22/h1-11H,13-14H2/b18-9-. The molecule has 1 heterocycles. The number of rotatable bonds is 5. The first-order valence-corrected chi connectivity index (χ1v) is 9.99. The molecule has 0 atom stereocenters. The first kappa shape index (κ1) is 19.4. The van der Waals surface area contributed by atoms with E-state index in [0.29, 0.717) is 34.5 Å². The summed E-state index contributed by atoms with van der Waals surface area (Å²) in [7, 11) is 0. The second-order valence-corrected chi connectivity index (χ2v) is 7.57. The molecule has 0 bridgehead atoms. The minimum absolute atomic E-state index is 0.201. The lowest BCUT2D eigenvalue weighted by molar-refractivity contribution is 0.174. The van der Waals surface area contributed by atoms with Crippen LogP contribution in [0.3, 0.4) is 0 Å². The fourth-order valence-electron chi connectivity index (χ4n) is 2.91. The zero-order valence-corrected chi connectivity index (χ0v) is 17.5. The Hall–Kier alpha value is -2.94. The molecular formula is C23H15BrClNO3. The average Bonchev–Trinajstić information content (AvgIpc) is 3.20. The molecule has 4 rings (SSSR count). The number of hydrogen-bond donors (Lipinski definition) is 0. The van der Waals surface area contributed by atoms with Gasteiger partial charge in [0.15, 0.2) is 11.5 Å². The molecule has 0 aliphatic carbocycles. The summed E-state index contributed by atoms with van der Waals surface area (Å²) in [6.07, 6.45) is 1.82. The number of benzene rings is 3. The summed E-state index contributed by atoms with van der Waals surface area (Å²) in [6, 6.07) is 21.0. The van der Waals surface area contributed by atoms with Crippen molar-refractivity contribution in [3.05, 3.63) is 86.8 Å². The summed E-state index contributed by atoms with van der Waals surface area (Å²) in [5.74, 6) is 2.03. The van der Waals surface area contributed by atoms with Gasteiger partial charge in [0, 0.05) is 10.6 Å². The van der Waals surface area contributed by atoms with Crippen LogP contribution in [0.5, 0.6) is 17.2 Å². The molecule has 4 nitrogen and oxygen atoms in total. The molecule has 0 unspecified atom stereocenters. The third kappa shape index (κ3) is 4.40. The van der Waals surface area contributed by atoms with Gasteiger partial charge in [0.05, 0.1) is 16.1 Å². The first-order valence-electron chi connectivity index (χ1n) is 8.81. The zero-order valence-electron chi connectivity index (χ0n) is 15.2. The van der Waals surface area contributed by atoms with Gasteiger partial charge < -0.3 is 14.2 Å². The number of fused-ring (bicyclic) bond motifs is 1. The largest absolute Gasteiger partial charge is 0.488 e. The van der Waals surface area contributed by atoms with Gasteiger partial charge in [-0.1, -0.05) is 35.9 Å². The summed E-state index contributed by atoms with van der Waals surface area (Å²) in [4.78, 5) is 0. The number of nitrogens with zero attached hydrogens (tertiary/aromatic N) is 1. The topological polar surface area (TPSA) is 51.5 Å². The highest BCUT2D eigenvalue weighted by molar-refractivity contribution is 9.10. The smallest absolute Gasteiger partial charge is 0.231 e. The highest BCUT2D eigenvalue weighted by atomic mass is 79.9. The second kappa shape index (κ2) is 8.60. The molecule has 0 saturated heterocycles. The minimum atomic E-state index is 0.201. The quantitative estimate of drug-likeness (QED) is 0.318. The Labute approximate surface area is 182 Å². The molecule has 0 radical (unpaired) electrons. The Bertz CT molecular complexity index is 1140. The lowest BCUT2D eigenvalue weighted by Crippen LogP contribution is -1.97. The van der Waals surface area contributed by atoms with E-state index in [1.165, 1.54) is 0 Å². The molecule has 0 spiro atoms. The molecule has 29 heavy (non-hydrogen) atoms. The minimum Gasteiger partial charge on any atom is -0.488 e. The molecule has 3 aromatic carbocycles. The fraction of sp³-hybridized carbons (Fsp3) is 0.0870. The van der Waals surface area contributed by atoms with Crippen LogP contribution in [-0.2, 0) is 6.61 Å². The Morgan fingerprint density at radius 3 is 2.72 bits per heavy atom. The number of nitriles is 1. The van der Waals surface area contributed by atoms with Gasteiger partial charge in [0.1, 0.15) is 12.4 Å². The Morgan fingerprint density at radius 2 is 1.93 bits per heavy atom. The molecule has 6 heteroatoms. The van der Waals surface area contributed by atoms with Gasteiger partial charge >= 0.3 is 0 Å². The van der Waals surface area contributed by atoms with E-state index in [4.69, 9.17) is 25.8 Å². The van der Waals surface area contributed by atoms with Crippen LogP contribution < -0.4 is 14.2 Å². The number of allylic oxidation sites excluding steroid dienone is 1. The third-order valence-corrected chi connectivity index (χ3v) is 5.40. The summed E-state index contributed by atoms with van der Waals surface area (Å²) >= 11 is 9.72. The van der Waals surface area contributed by atoms with Crippen LogP contribution in [0.15, 0.2) is 65.1 Å². The van der Waals surface area contributed by atoms with Gasteiger partial charge in [-0.25, -0.2) is 0 Å². The van der Waals surface area contributed by atoms with E-state index in [1.807, 2.05) is 66.7 Å². The van der Waals surface area contributed by atoms with Crippen molar-refractivity contribution >= 4 is 39.2 Å². The summed E-state index contributed by atoms with van der Waals surface area (Å²) in [5.41, 5.74) is 3.09. The SMILES string of the molecule is N#C/C(=C/c1ccc(OCc2ccccc2Cl)c(Br)c1)c1ccc2c(c1)OCO2. The van der Waals surface area contributed by atoms with Gasteiger partial charge in [-0.15, -0.1) is 0 Å². The van der Waals surface area contributed by atoms with E-state index in [9.17, 15) is 5.26 Å². The highest BCUT2D eigenvalue weighted by Crippen LogP contribution is 2.35. The summed E-state index contributed by atoms with van der Waals surface area (Å²) in [6.45, 7) is 0.571. The monoisotopic (exact) mass is 467 g/mol. The van der Waals surface area contributed by atoms with Gasteiger partial charge in [0.25, 0.3) is 0 Å². The van der Waals surface area contributed by atoms with Gasteiger partial charge in [-0.05, 0) is 69.5 Å². The van der Waals surface area contributed by atoms with Crippen LogP contribution in [0, 0.1) is 11.3 Å². The normalized spacial score (nSPS) is 12.5. The molecule has 3 aromatic rings. The van der Waals surface area contributed by atoms with E-state index < -0.39 is 0 Å². The number of ether oxygens (including phenoxy) is 3. The van der Waals surface area contributed by atoms with E-state index in [2.05, 4.69) is 22.0 Å². The van der Waals surface area contributed by atoms with Crippen molar-refractivity contribution < 1.29 is 14.2 Å².